The van der Waals surface area contributed by atoms with Crippen molar-refractivity contribution in [2.45, 2.75) is 84.0 Å². The molecule has 3 atom stereocenters. The van der Waals surface area contributed by atoms with Crippen molar-refractivity contribution in [3.05, 3.63) is 11.7 Å². The molecule has 5 heteroatoms. The van der Waals surface area contributed by atoms with E-state index in [2.05, 4.69) is 30.9 Å². The summed E-state index contributed by atoms with van der Waals surface area (Å²) in [5.74, 6) is 3.24. The van der Waals surface area contributed by atoms with E-state index in [1.807, 2.05) is 0 Å². The third kappa shape index (κ3) is 3.77. The largest absolute Gasteiger partial charge is 0.368 e. The molecule has 0 saturated heterocycles. The Morgan fingerprint density at radius 3 is 2.74 bits per heavy atom. The number of ether oxygens (including phenoxy) is 1. The number of hydrogen-bond acceptors (Lipinski definition) is 5. The lowest BCUT2D eigenvalue weighted by molar-refractivity contribution is -0.0547. The minimum absolute atomic E-state index is 0.299. The fraction of sp³-hybridized carbons (Fsp3) is 0.889. The molecule has 1 aromatic rings. The Bertz CT molecular complexity index is 508. The van der Waals surface area contributed by atoms with Crippen molar-refractivity contribution in [1.82, 2.24) is 10.1 Å². The van der Waals surface area contributed by atoms with Gasteiger partial charge in [0.25, 0.3) is 5.89 Å². The number of hydrogen-bond donors (Lipinski definition) is 1. The highest BCUT2D eigenvalue weighted by Gasteiger charge is 2.36. The maximum atomic E-state index is 6.39. The van der Waals surface area contributed by atoms with Gasteiger partial charge >= 0.3 is 0 Å². The van der Waals surface area contributed by atoms with E-state index in [0.717, 1.165) is 38.0 Å². The summed E-state index contributed by atoms with van der Waals surface area (Å²) in [6.07, 6.45) is 8.18. The van der Waals surface area contributed by atoms with Gasteiger partial charge in [0.1, 0.15) is 6.61 Å². The molecule has 2 fully saturated rings. The lowest BCUT2D eigenvalue weighted by Crippen LogP contribution is -2.35. The highest BCUT2D eigenvalue weighted by molar-refractivity contribution is 5.06. The lowest BCUT2D eigenvalue weighted by Gasteiger charge is -2.36. The molecular weight excluding hydrogens is 290 g/mol. The minimum Gasteiger partial charge on any atom is -0.368 e. The van der Waals surface area contributed by atoms with Gasteiger partial charge in [-0.25, -0.2) is 0 Å². The van der Waals surface area contributed by atoms with Gasteiger partial charge < -0.3 is 15.0 Å². The Balaban J connectivity index is 1.60. The van der Waals surface area contributed by atoms with Crippen LogP contribution in [0.25, 0.3) is 0 Å². The third-order valence-corrected chi connectivity index (χ3v) is 5.79. The van der Waals surface area contributed by atoms with Crippen molar-refractivity contribution in [1.29, 1.82) is 0 Å². The van der Waals surface area contributed by atoms with Crippen LogP contribution in [0.1, 0.15) is 77.4 Å². The van der Waals surface area contributed by atoms with Gasteiger partial charge in [-0.15, -0.1) is 0 Å². The van der Waals surface area contributed by atoms with Crippen LogP contribution < -0.4 is 5.73 Å². The van der Waals surface area contributed by atoms with Crippen LogP contribution in [0.15, 0.2) is 4.52 Å². The molecule has 2 aliphatic carbocycles. The standard InChI is InChI=1S/C18H31N3O2/c1-12(2)14-7-6-13(3)10-15(14)22-11-16-20-17(21-23-16)18(19)8-4-5-9-18/h12-15H,4-11,19H2,1-3H3. The molecule has 130 valence electrons. The molecule has 23 heavy (non-hydrogen) atoms. The maximum absolute atomic E-state index is 6.39. The molecule has 1 aromatic heterocycles. The van der Waals surface area contributed by atoms with Crippen molar-refractivity contribution in [2.75, 3.05) is 0 Å². The molecule has 2 aliphatic rings. The van der Waals surface area contributed by atoms with E-state index in [0.29, 0.717) is 36.3 Å². The summed E-state index contributed by atoms with van der Waals surface area (Å²) >= 11 is 0. The highest BCUT2D eigenvalue weighted by Crippen LogP contribution is 2.36. The first kappa shape index (κ1) is 16.9. The monoisotopic (exact) mass is 321 g/mol. The van der Waals surface area contributed by atoms with Gasteiger partial charge in [-0.05, 0) is 43.4 Å². The van der Waals surface area contributed by atoms with Crippen LogP contribution in [0.5, 0.6) is 0 Å². The molecule has 2 N–H and O–H groups in total. The summed E-state index contributed by atoms with van der Waals surface area (Å²) in [7, 11) is 0. The zero-order chi connectivity index (χ0) is 16.4. The Kier molecular flexibility index (Phi) is 5.07. The predicted octanol–water partition coefficient (Wildman–Crippen LogP) is 3.78. The van der Waals surface area contributed by atoms with E-state index in [-0.39, 0.29) is 5.54 Å². The second kappa shape index (κ2) is 6.89. The van der Waals surface area contributed by atoms with Gasteiger partial charge in [-0.1, -0.05) is 45.2 Å². The van der Waals surface area contributed by atoms with Crippen molar-refractivity contribution in [2.24, 2.45) is 23.5 Å². The van der Waals surface area contributed by atoms with E-state index < -0.39 is 0 Å². The number of rotatable bonds is 5. The van der Waals surface area contributed by atoms with Crippen molar-refractivity contribution in [3.8, 4) is 0 Å². The first-order chi connectivity index (χ1) is 11.0. The molecule has 0 amide bonds. The molecule has 0 bridgehead atoms. The normalized spacial score (nSPS) is 30.9. The highest BCUT2D eigenvalue weighted by atomic mass is 16.5. The van der Waals surface area contributed by atoms with Crippen LogP contribution in [0.3, 0.4) is 0 Å². The van der Waals surface area contributed by atoms with Crippen molar-refractivity contribution in [3.63, 3.8) is 0 Å². The summed E-state index contributed by atoms with van der Waals surface area (Å²) in [4.78, 5) is 4.51. The number of nitrogens with zero attached hydrogens (tertiary/aromatic N) is 2. The summed E-state index contributed by atoms with van der Waals surface area (Å²) in [5.41, 5.74) is 6.00. The van der Waals surface area contributed by atoms with E-state index in [4.69, 9.17) is 15.0 Å². The van der Waals surface area contributed by atoms with Crippen molar-refractivity contribution >= 4 is 0 Å². The van der Waals surface area contributed by atoms with E-state index in [1.54, 1.807) is 0 Å². The predicted molar refractivity (Wildman–Crippen MR) is 88.6 cm³/mol. The number of aromatic nitrogens is 2. The first-order valence-corrected chi connectivity index (χ1v) is 9.21. The Morgan fingerprint density at radius 2 is 2.04 bits per heavy atom. The first-order valence-electron chi connectivity index (χ1n) is 9.21. The smallest absolute Gasteiger partial charge is 0.252 e. The summed E-state index contributed by atoms with van der Waals surface area (Å²) in [6.45, 7) is 7.31. The van der Waals surface area contributed by atoms with E-state index in [9.17, 15) is 0 Å². The second-order valence-corrected chi connectivity index (χ2v) is 8.05. The third-order valence-electron chi connectivity index (χ3n) is 5.79. The lowest BCUT2D eigenvalue weighted by atomic mass is 9.75. The Labute approximate surface area is 139 Å². The van der Waals surface area contributed by atoms with Crippen LogP contribution in [0, 0.1) is 17.8 Å². The van der Waals surface area contributed by atoms with Gasteiger partial charge in [0, 0.05) is 0 Å². The summed E-state index contributed by atoms with van der Waals surface area (Å²) in [6, 6.07) is 0. The Hall–Kier alpha value is -0.940. The van der Waals surface area contributed by atoms with Gasteiger partial charge in [0.15, 0.2) is 5.82 Å². The molecular formula is C18H31N3O2. The molecule has 2 saturated carbocycles. The molecule has 0 spiro atoms. The van der Waals surface area contributed by atoms with Crippen molar-refractivity contribution < 1.29 is 9.26 Å². The average Bonchev–Trinajstić information content (AvgIpc) is 3.14. The Morgan fingerprint density at radius 1 is 1.30 bits per heavy atom. The SMILES string of the molecule is CC1CCC(C(C)C)C(OCc2nc(C3(N)CCCC3)no2)C1. The van der Waals surface area contributed by atoms with Gasteiger partial charge in [-0.3, -0.25) is 0 Å². The fourth-order valence-corrected chi connectivity index (χ4v) is 4.23. The summed E-state index contributed by atoms with van der Waals surface area (Å²) < 4.78 is 11.6. The van der Waals surface area contributed by atoms with Crippen LogP contribution in [0.2, 0.25) is 0 Å². The quantitative estimate of drug-likeness (QED) is 0.893. The number of nitrogens with two attached hydrogens (primary N) is 1. The van der Waals surface area contributed by atoms with Crippen LogP contribution >= 0.6 is 0 Å². The molecule has 1 heterocycles. The second-order valence-electron chi connectivity index (χ2n) is 8.05. The fourth-order valence-electron chi connectivity index (χ4n) is 4.23. The molecule has 0 aliphatic heterocycles. The zero-order valence-electron chi connectivity index (χ0n) is 14.8. The van der Waals surface area contributed by atoms with Crippen LogP contribution in [-0.2, 0) is 16.9 Å². The minimum atomic E-state index is -0.387. The van der Waals surface area contributed by atoms with E-state index in [1.165, 1.54) is 12.8 Å². The molecule has 0 aromatic carbocycles. The molecule has 5 nitrogen and oxygen atoms in total. The van der Waals surface area contributed by atoms with Gasteiger partial charge in [0.05, 0.1) is 11.6 Å². The average molecular weight is 321 g/mol. The van der Waals surface area contributed by atoms with Crippen LogP contribution in [0.4, 0.5) is 0 Å². The molecule has 3 unspecified atom stereocenters. The van der Waals surface area contributed by atoms with Gasteiger partial charge in [-0.2, -0.15) is 4.98 Å². The molecule has 3 rings (SSSR count). The topological polar surface area (TPSA) is 74.2 Å². The maximum Gasteiger partial charge on any atom is 0.252 e. The van der Waals surface area contributed by atoms with Crippen LogP contribution in [-0.4, -0.2) is 16.2 Å². The zero-order valence-corrected chi connectivity index (χ0v) is 14.8. The van der Waals surface area contributed by atoms with E-state index >= 15 is 0 Å². The molecule has 0 radical (unpaired) electrons. The van der Waals surface area contributed by atoms with Gasteiger partial charge in [0.2, 0.25) is 0 Å². The summed E-state index contributed by atoms with van der Waals surface area (Å²) in [5, 5.41) is 4.11.